The molecule has 2 aromatic rings. The summed E-state index contributed by atoms with van der Waals surface area (Å²) >= 11 is 0. The first-order chi connectivity index (χ1) is 12.9. The smallest absolute Gasteiger partial charge is 0.254 e. The number of benzene rings is 1. The number of sulfonamides is 1. The van der Waals surface area contributed by atoms with Gasteiger partial charge in [-0.1, -0.05) is 0 Å². The van der Waals surface area contributed by atoms with E-state index < -0.39 is 10.0 Å². The number of hydrogen-bond acceptors (Lipinski definition) is 5. The average Bonchev–Trinajstić information content (AvgIpc) is 3.38. The Labute approximate surface area is 159 Å². The van der Waals surface area contributed by atoms with Crippen LogP contribution in [-0.4, -0.2) is 45.5 Å². The minimum atomic E-state index is -3.63. The molecule has 1 fully saturated rings. The largest absolute Gasteiger partial charge is 0.467 e. The number of rotatable bonds is 7. The summed E-state index contributed by atoms with van der Waals surface area (Å²) in [5.41, 5.74) is 0.411. The van der Waals surface area contributed by atoms with E-state index in [0.717, 1.165) is 12.8 Å². The van der Waals surface area contributed by atoms with Crippen LogP contribution in [0.3, 0.4) is 0 Å². The molecule has 2 atom stereocenters. The maximum atomic E-state index is 12.6. The SMILES string of the molecule is CC(c1ccco1)N(C)C(=O)c1ccc(S(=O)(=O)NCC2CCCO2)cc1. The highest BCUT2D eigenvalue weighted by Gasteiger charge is 2.23. The fraction of sp³-hybridized carbons (Fsp3) is 0.421. The van der Waals surface area contributed by atoms with E-state index >= 15 is 0 Å². The molecule has 0 spiro atoms. The third kappa shape index (κ3) is 4.58. The van der Waals surface area contributed by atoms with Gasteiger partial charge in [0.05, 0.1) is 23.3 Å². The Hall–Kier alpha value is -2.16. The topological polar surface area (TPSA) is 88.9 Å². The summed E-state index contributed by atoms with van der Waals surface area (Å²) < 4.78 is 38.1. The quantitative estimate of drug-likeness (QED) is 0.782. The third-order valence-corrected chi connectivity index (χ3v) is 6.23. The molecular weight excluding hydrogens is 368 g/mol. The van der Waals surface area contributed by atoms with Gasteiger partial charge in [0.25, 0.3) is 5.91 Å². The van der Waals surface area contributed by atoms with Crippen molar-refractivity contribution in [2.75, 3.05) is 20.2 Å². The molecule has 1 aromatic carbocycles. The Bertz CT molecular complexity index is 856. The molecule has 3 rings (SSSR count). The first-order valence-corrected chi connectivity index (χ1v) is 10.4. The second-order valence-electron chi connectivity index (χ2n) is 6.62. The van der Waals surface area contributed by atoms with E-state index in [1.54, 1.807) is 24.3 Å². The van der Waals surface area contributed by atoms with E-state index in [4.69, 9.17) is 9.15 Å². The summed E-state index contributed by atoms with van der Waals surface area (Å²) in [6.45, 7) is 2.80. The van der Waals surface area contributed by atoms with Crippen LogP contribution >= 0.6 is 0 Å². The van der Waals surface area contributed by atoms with Crippen LogP contribution in [0.1, 0.15) is 41.9 Å². The van der Waals surface area contributed by atoms with Crippen LogP contribution in [-0.2, 0) is 14.8 Å². The van der Waals surface area contributed by atoms with Gasteiger partial charge in [0.15, 0.2) is 0 Å². The van der Waals surface area contributed by atoms with Gasteiger partial charge in [-0.25, -0.2) is 13.1 Å². The molecule has 1 aromatic heterocycles. The van der Waals surface area contributed by atoms with Crippen LogP contribution in [0.5, 0.6) is 0 Å². The summed E-state index contributed by atoms with van der Waals surface area (Å²) in [7, 11) is -1.95. The van der Waals surface area contributed by atoms with E-state index in [2.05, 4.69) is 4.72 Å². The fourth-order valence-electron chi connectivity index (χ4n) is 2.97. The van der Waals surface area contributed by atoms with Gasteiger partial charge < -0.3 is 14.1 Å². The molecule has 146 valence electrons. The van der Waals surface area contributed by atoms with E-state index in [9.17, 15) is 13.2 Å². The van der Waals surface area contributed by atoms with Gasteiger partial charge in [-0.3, -0.25) is 4.79 Å². The number of amides is 1. The highest BCUT2D eigenvalue weighted by molar-refractivity contribution is 7.89. The Morgan fingerprint density at radius 2 is 2.04 bits per heavy atom. The van der Waals surface area contributed by atoms with E-state index in [1.165, 1.54) is 24.3 Å². The number of hydrogen-bond donors (Lipinski definition) is 1. The number of carbonyl (C=O) groups excluding carboxylic acids is 1. The molecule has 0 radical (unpaired) electrons. The minimum absolute atomic E-state index is 0.0719. The maximum absolute atomic E-state index is 12.6. The summed E-state index contributed by atoms with van der Waals surface area (Å²) in [4.78, 5) is 14.3. The zero-order valence-electron chi connectivity index (χ0n) is 15.4. The van der Waals surface area contributed by atoms with Crippen LogP contribution < -0.4 is 4.72 Å². The number of nitrogens with one attached hydrogen (secondary N) is 1. The van der Waals surface area contributed by atoms with Crippen molar-refractivity contribution in [1.29, 1.82) is 0 Å². The lowest BCUT2D eigenvalue weighted by molar-refractivity contribution is 0.0726. The summed E-state index contributed by atoms with van der Waals surface area (Å²) in [5, 5.41) is 0. The molecule has 1 saturated heterocycles. The van der Waals surface area contributed by atoms with Crippen molar-refractivity contribution in [1.82, 2.24) is 9.62 Å². The van der Waals surface area contributed by atoms with Gasteiger partial charge in [-0.2, -0.15) is 0 Å². The van der Waals surface area contributed by atoms with Crippen molar-refractivity contribution in [2.24, 2.45) is 0 Å². The molecule has 1 amide bonds. The van der Waals surface area contributed by atoms with Gasteiger partial charge >= 0.3 is 0 Å². The monoisotopic (exact) mass is 392 g/mol. The summed E-state index contributed by atoms with van der Waals surface area (Å²) in [6, 6.07) is 9.27. The Morgan fingerprint density at radius 3 is 2.63 bits per heavy atom. The molecule has 7 nitrogen and oxygen atoms in total. The van der Waals surface area contributed by atoms with Crippen molar-refractivity contribution >= 4 is 15.9 Å². The van der Waals surface area contributed by atoms with Crippen LogP contribution in [0.25, 0.3) is 0 Å². The van der Waals surface area contributed by atoms with Crippen LogP contribution in [0.4, 0.5) is 0 Å². The standard InChI is InChI=1S/C19H24N2O5S/c1-14(18-6-4-12-26-18)21(2)19(22)15-7-9-17(10-8-15)27(23,24)20-13-16-5-3-11-25-16/h4,6-10,12,14,16,20H,3,5,11,13H2,1-2H3. The molecule has 2 heterocycles. The second kappa shape index (κ2) is 8.24. The molecule has 27 heavy (non-hydrogen) atoms. The van der Waals surface area contributed by atoms with Crippen LogP contribution in [0, 0.1) is 0 Å². The Balaban J connectivity index is 1.65. The molecule has 0 saturated carbocycles. The zero-order chi connectivity index (χ0) is 19.4. The predicted octanol–water partition coefficient (Wildman–Crippen LogP) is 2.57. The van der Waals surface area contributed by atoms with Crippen molar-refractivity contribution in [3.63, 3.8) is 0 Å². The molecular formula is C19H24N2O5S. The molecule has 1 aliphatic rings. The van der Waals surface area contributed by atoms with Gasteiger partial charge in [0.1, 0.15) is 5.76 Å². The van der Waals surface area contributed by atoms with E-state index in [1.807, 2.05) is 13.0 Å². The number of nitrogens with zero attached hydrogens (tertiary/aromatic N) is 1. The van der Waals surface area contributed by atoms with Crippen molar-refractivity contribution < 1.29 is 22.4 Å². The van der Waals surface area contributed by atoms with Crippen LogP contribution in [0.2, 0.25) is 0 Å². The Kier molecular flexibility index (Phi) is 5.98. The fourth-order valence-corrected chi connectivity index (χ4v) is 4.03. The van der Waals surface area contributed by atoms with Gasteiger partial charge in [0, 0.05) is 25.8 Å². The van der Waals surface area contributed by atoms with E-state index in [0.29, 0.717) is 17.9 Å². The predicted molar refractivity (Wildman–Crippen MR) is 99.8 cm³/mol. The van der Waals surface area contributed by atoms with E-state index in [-0.39, 0.29) is 29.5 Å². The number of carbonyl (C=O) groups is 1. The number of furan rings is 1. The first-order valence-electron chi connectivity index (χ1n) is 8.90. The normalized spacial score (nSPS) is 18.4. The number of ether oxygens (including phenoxy) is 1. The lowest BCUT2D eigenvalue weighted by atomic mass is 10.1. The molecule has 0 aliphatic carbocycles. The molecule has 1 N–H and O–H groups in total. The molecule has 0 bridgehead atoms. The summed E-state index contributed by atoms with van der Waals surface area (Å²) in [5.74, 6) is 0.471. The maximum Gasteiger partial charge on any atom is 0.254 e. The van der Waals surface area contributed by atoms with Crippen molar-refractivity contribution in [3.05, 3.63) is 54.0 Å². The minimum Gasteiger partial charge on any atom is -0.467 e. The van der Waals surface area contributed by atoms with Crippen molar-refractivity contribution in [2.45, 2.75) is 36.8 Å². The second-order valence-corrected chi connectivity index (χ2v) is 8.39. The van der Waals surface area contributed by atoms with Gasteiger partial charge in [0.2, 0.25) is 10.0 Å². The average molecular weight is 392 g/mol. The molecule has 8 heteroatoms. The molecule has 2 unspecified atom stereocenters. The Morgan fingerprint density at radius 1 is 1.30 bits per heavy atom. The molecule has 1 aliphatic heterocycles. The lowest BCUT2D eigenvalue weighted by Crippen LogP contribution is -2.32. The van der Waals surface area contributed by atoms with Crippen LogP contribution in [0.15, 0.2) is 52.0 Å². The zero-order valence-corrected chi connectivity index (χ0v) is 16.2. The highest BCUT2D eigenvalue weighted by atomic mass is 32.2. The summed E-state index contributed by atoms with van der Waals surface area (Å²) in [6.07, 6.45) is 3.30. The van der Waals surface area contributed by atoms with Gasteiger partial charge in [-0.05, 0) is 56.2 Å². The first kappa shape index (κ1) is 19.6. The van der Waals surface area contributed by atoms with Gasteiger partial charge in [-0.15, -0.1) is 0 Å². The highest BCUT2D eigenvalue weighted by Crippen LogP contribution is 2.21. The lowest BCUT2D eigenvalue weighted by Gasteiger charge is -2.23. The van der Waals surface area contributed by atoms with Crippen molar-refractivity contribution in [3.8, 4) is 0 Å². The third-order valence-electron chi connectivity index (χ3n) is 4.79.